The topological polar surface area (TPSA) is 122 Å². The summed E-state index contributed by atoms with van der Waals surface area (Å²) in [6.45, 7) is 2.57. The summed E-state index contributed by atoms with van der Waals surface area (Å²) < 4.78 is 34.6. The molecule has 29 heavy (non-hydrogen) atoms. The summed E-state index contributed by atoms with van der Waals surface area (Å²) in [6.07, 6.45) is -0.00796. The van der Waals surface area contributed by atoms with Gasteiger partial charge in [-0.2, -0.15) is 4.99 Å². The number of methoxy groups -OCH3 is 1. The van der Waals surface area contributed by atoms with Crippen LogP contribution in [-0.2, 0) is 14.6 Å². The Balaban J connectivity index is 1.66. The van der Waals surface area contributed by atoms with Crippen LogP contribution in [0.1, 0.15) is 6.42 Å². The maximum absolute atomic E-state index is 11.9. The van der Waals surface area contributed by atoms with Crippen molar-refractivity contribution in [3.63, 3.8) is 0 Å². The van der Waals surface area contributed by atoms with Crippen LogP contribution in [0.2, 0.25) is 0 Å². The van der Waals surface area contributed by atoms with Gasteiger partial charge in [0.15, 0.2) is 16.1 Å². The molecule has 0 amide bonds. The first kappa shape index (κ1) is 19.9. The lowest BCUT2D eigenvalue weighted by molar-refractivity contribution is 0.0669. The first-order valence-electron chi connectivity index (χ1n) is 9.59. The maximum atomic E-state index is 11.9. The zero-order chi connectivity index (χ0) is 20.4. The van der Waals surface area contributed by atoms with Crippen molar-refractivity contribution in [1.29, 1.82) is 0 Å². The highest BCUT2D eigenvalue weighted by atomic mass is 32.2. The third-order valence-electron chi connectivity index (χ3n) is 5.19. The van der Waals surface area contributed by atoms with Crippen molar-refractivity contribution in [3.05, 3.63) is 24.3 Å². The Morgan fingerprint density at radius 3 is 2.59 bits per heavy atom. The standard InChI is InChI=1S/C18H26N6O4S/c1-27-15-4-2-14(3-5-15)24-17(20-13-6-11-29(25,26)12-13)21-16(19)22-18(24)23-7-9-28-10-8-23/h2-5,13,17,20H,6-12H2,1H3,(H2,19,21). The number of hydrogen-bond acceptors (Lipinski definition) is 10. The van der Waals surface area contributed by atoms with Gasteiger partial charge in [-0.05, 0) is 30.7 Å². The lowest BCUT2D eigenvalue weighted by atomic mass is 10.2. The molecule has 3 N–H and O–H groups in total. The molecule has 1 aromatic rings. The van der Waals surface area contributed by atoms with E-state index in [1.165, 1.54) is 0 Å². The first-order valence-corrected chi connectivity index (χ1v) is 11.4. The van der Waals surface area contributed by atoms with Crippen LogP contribution in [0.15, 0.2) is 34.3 Å². The Hall–Kier alpha value is -2.37. The molecule has 0 aliphatic carbocycles. The van der Waals surface area contributed by atoms with Crippen molar-refractivity contribution in [2.45, 2.75) is 18.8 Å². The third-order valence-corrected chi connectivity index (χ3v) is 6.96. The molecule has 158 valence electrons. The van der Waals surface area contributed by atoms with E-state index in [0.29, 0.717) is 38.7 Å². The van der Waals surface area contributed by atoms with Gasteiger partial charge in [0, 0.05) is 24.8 Å². The van der Waals surface area contributed by atoms with Crippen LogP contribution < -0.4 is 20.7 Å². The third kappa shape index (κ3) is 4.46. The van der Waals surface area contributed by atoms with E-state index >= 15 is 0 Å². The Labute approximate surface area is 170 Å². The van der Waals surface area contributed by atoms with Gasteiger partial charge in [-0.15, -0.1) is 0 Å². The van der Waals surface area contributed by atoms with Gasteiger partial charge < -0.3 is 20.1 Å². The quantitative estimate of drug-likeness (QED) is 0.671. The number of sulfone groups is 1. The van der Waals surface area contributed by atoms with Crippen LogP contribution in [0.3, 0.4) is 0 Å². The average Bonchev–Trinajstić information content (AvgIpc) is 3.06. The van der Waals surface area contributed by atoms with E-state index in [-0.39, 0.29) is 23.5 Å². The van der Waals surface area contributed by atoms with Crippen LogP contribution in [0, 0.1) is 0 Å². The molecule has 0 spiro atoms. The van der Waals surface area contributed by atoms with Crippen LogP contribution in [-0.4, -0.2) is 82.5 Å². The molecule has 2 saturated heterocycles. The second-order valence-corrected chi connectivity index (χ2v) is 9.44. The van der Waals surface area contributed by atoms with Gasteiger partial charge in [-0.1, -0.05) is 0 Å². The molecule has 0 radical (unpaired) electrons. The molecule has 2 fully saturated rings. The molecule has 10 nitrogen and oxygen atoms in total. The highest BCUT2D eigenvalue weighted by Gasteiger charge is 2.36. The second kappa shape index (κ2) is 8.17. The van der Waals surface area contributed by atoms with Crippen molar-refractivity contribution >= 4 is 27.4 Å². The average molecular weight is 423 g/mol. The number of rotatable bonds is 4. The lowest BCUT2D eigenvalue weighted by Gasteiger charge is -2.41. The van der Waals surface area contributed by atoms with Gasteiger partial charge in [0.05, 0.1) is 31.8 Å². The number of benzene rings is 1. The number of nitrogens with one attached hydrogen (secondary N) is 1. The summed E-state index contributed by atoms with van der Waals surface area (Å²) in [5, 5.41) is 3.36. The van der Waals surface area contributed by atoms with E-state index in [4.69, 9.17) is 15.2 Å². The van der Waals surface area contributed by atoms with Crippen molar-refractivity contribution < 1.29 is 17.9 Å². The van der Waals surface area contributed by atoms with E-state index in [2.05, 4.69) is 20.2 Å². The largest absolute Gasteiger partial charge is 0.497 e. The van der Waals surface area contributed by atoms with Crippen molar-refractivity contribution in [1.82, 2.24) is 10.2 Å². The van der Waals surface area contributed by atoms with Gasteiger partial charge in [0.1, 0.15) is 5.75 Å². The molecule has 3 heterocycles. The van der Waals surface area contributed by atoms with E-state index in [9.17, 15) is 8.42 Å². The molecule has 1 aromatic carbocycles. The summed E-state index contributed by atoms with van der Waals surface area (Å²) >= 11 is 0. The van der Waals surface area contributed by atoms with Gasteiger partial charge >= 0.3 is 0 Å². The zero-order valence-electron chi connectivity index (χ0n) is 16.3. The lowest BCUT2D eigenvalue weighted by Crippen LogP contribution is -2.60. The Morgan fingerprint density at radius 1 is 1.24 bits per heavy atom. The van der Waals surface area contributed by atoms with E-state index in [1.54, 1.807) is 7.11 Å². The van der Waals surface area contributed by atoms with E-state index < -0.39 is 16.1 Å². The number of morpholine rings is 1. The Kier molecular flexibility index (Phi) is 5.61. The van der Waals surface area contributed by atoms with Gasteiger partial charge in [0.25, 0.3) is 0 Å². The van der Waals surface area contributed by atoms with Crippen molar-refractivity contribution in [2.24, 2.45) is 15.7 Å². The van der Waals surface area contributed by atoms with Gasteiger partial charge in [-0.3, -0.25) is 10.2 Å². The summed E-state index contributed by atoms with van der Waals surface area (Å²) in [5.74, 6) is 1.85. The van der Waals surface area contributed by atoms with E-state index in [1.807, 2.05) is 29.2 Å². The van der Waals surface area contributed by atoms with Gasteiger partial charge in [0.2, 0.25) is 11.9 Å². The highest BCUT2D eigenvalue weighted by molar-refractivity contribution is 7.91. The summed E-state index contributed by atoms with van der Waals surface area (Å²) in [5.41, 5.74) is 6.89. The highest BCUT2D eigenvalue weighted by Crippen LogP contribution is 2.25. The summed E-state index contributed by atoms with van der Waals surface area (Å²) in [6, 6.07) is 7.39. The SMILES string of the molecule is COc1ccc(N2C(N3CCOCC3)=NC(N)=NC2NC2CCS(=O)(=O)C2)cc1. The summed E-state index contributed by atoms with van der Waals surface area (Å²) in [7, 11) is -1.40. The number of guanidine groups is 2. The second-order valence-electron chi connectivity index (χ2n) is 7.21. The molecular formula is C18H26N6O4S. The molecule has 4 rings (SSSR count). The minimum atomic E-state index is -3.02. The van der Waals surface area contributed by atoms with Crippen molar-refractivity contribution in [3.8, 4) is 5.75 Å². The monoisotopic (exact) mass is 422 g/mol. The fourth-order valence-corrected chi connectivity index (χ4v) is 5.40. The van der Waals surface area contributed by atoms with Crippen LogP contribution >= 0.6 is 0 Å². The molecule has 3 aliphatic heterocycles. The summed E-state index contributed by atoms with van der Waals surface area (Å²) in [4.78, 5) is 13.0. The molecule has 2 unspecified atom stereocenters. The number of aliphatic imine (C=N–C) groups is 2. The molecular weight excluding hydrogens is 396 g/mol. The maximum Gasteiger partial charge on any atom is 0.221 e. The molecule has 2 atom stereocenters. The first-order chi connectivity index (χ1) is 13.9. The molecule has 0 aromatic heterocycles. The molecule has 0 saturated carbocycles. The minimum Gasteiger partial charge on any atom is -0.497 e. The predicted octanol–water partition coefficient (Wildman–Crippen LogP) is -0.422. The predicted molar refractivity (Wildman–Crippen MR) is 111 cm³/mol. The van der Waals surface area contributed by atoms with Crippen LogP contribution in [0.5, 0.6) is 5.75 Å². The molecule has 0 bridgehead atoms. The van der Waals surface area contributed by atoms with Gasteiger partial charge in [-0.25, -0.2) is 13.4 Å². The fourth-order valence-electron chi connectivity index (χ4n) is 3.71. The minimum absolute atomic E-state index is 0.0966. The smallest absolute Gasteiger partial charge is 0.221 e. The number of anilines is 1. The number of nitrogens with two attached hydrogens (primary N) is 1. The molecule has 11 heteroatoms. The van der Waals surface area contributed by atoms with Crippen LogP contribution in [0.4, 0.5) is 5.69 Å². The number of hydrogen-bond donors (Lipinski definition) is 2. The number of nitrogens with zero attached hydrogens (tertiary/aromatic N) is 4. The van der Waals surface area contributed by atoms with Crippen molar-refractivity contribution in [2.75, 3.05) is 49.8 Å². The number of ether oxygens (including phenoxy) is 2. The normalized spacial score (nSPS) is 26.8. The Bertz CT molecular complexity index is 895. The zero-order valence-corrected chi connectivity index (χ0v) is 17.1. The van der Waals surface area contributed by atoms with Crippen LogP contribution in [0.25, 0.3) is 0 Å². The molecule has 3 aliphatic rings. The Morgan fingerprint density at radius 2 is 1.97 bits per heavy atom. The van der Waals surface area contributed by atoms with E-state index in [0.717, 1.165) is 11.4 Å². The fraction of sp³-hybridized carbons (Fsp3) is 0.556.